The van der Waals surface area contributed by atoms with E-state index in [2.05, 4.69) is 9.97 Å². The van der Waals surface area contributed by atoms with Gasteiger partial charge < -0.3 is 5.73 Å². The van der Waals surface area contributed by atoms with Crippen LogP contribution < -0.4 is 11.4 Å². The molecule has 0 bridgehead atoms. The highest BCUT2D eigenvalue weighted by Crippen LogP contribution is 2.21. The van der Waals surface area contributed by atoms with Crippen molar-refractivity contribution in [3.63, 3.8) is 0 Å². The Morgan fingerprint density at radius 3 is 2.32 bits per heavy atom. The highest BCUT2D eigenvalue weighted by Gasteiger charge is 2.18. The van der Waals surface area contributed by atoms with Gasteiger partial charge in [0.25, 0.3) is 0 Å². The van der Waals surface area contributed by atoms with E-state index < -0.39 is 5.69 Å². The minimum atomic E-state index is -0.564. The first-order valence-electron chi connectivity index (χ1n) is 5.87. The third-order valence-electron chi connectivity index (χ3n) is 2.99. The summed E-state index contributed by atoms with van der Waals surface area (Å²) in [6.45, 7) is 5.73. The molecule has 5 nitrogen and oxygen atoms in total. The van der Waals surface area contributed by atoms with Crippen LogP contribution in [0.2, 0.25) is 0 Å². The van der Waals surface area contributed by atoms with Crippen molar-refractivity contribution >= 4 is 11.6 Å². The number of aromatic nitrogens is 2. The Labute approximate surface area is 110 Å². The largest absolute Gasteiger partial charge is 0.384 e. The van der Waals surface area contributed by atoms with Crippen LogP contribution in [0.15, 0.2) is 23.1 Å². The highest BCUT2D eigenvalue weighted by atomic mass is 16.1. The lowest BCUT2D eigenvalue weighted by Gasteiger charge is -2.11. The maximum Gasteiger partial charge on any atom is 0.346 e. The molecule has 2 rings (SSSR count). The van der Waals surface area contributed by atoms with E-state index in [-0.39, 0.29) is 17.2 Å². The first-order valence-corrected chi connectivity index (χ1v) is 5.87. The third kappa shape index (κ3) is 2.40. The van der Waals surface area contributed by atoms with E-state index in [1.54, 1.807) is 0 Å². The van der Waals surface area contributed by atoms with Gasteiger partial charge in [-0.05, 0) is 31.9 Å². The third-order valence-corrected chi connectivity index (χ3v) is 2.99. The molecule has 2 aromatic rings. The van der Waals surface area contributed by atoms with Crippen molar-refractivity contribution in [3.8, 4) is 0 Å². The Morgan fingerprint density at radius 1 is 1.21 bits per heavy atom. The molecule has 0 saturated carbocycles. The van der Waals surface area contributed by atoms with E-state index in [9.17, 15) is 9.59 Å². The van der Waals surface area contributed by atoms with Crippen molar-refractivity contribution in [2.75, 3.05) is 5.73 Å². The molecule has 3 N–H and O–H groups in total. The van der Waals surface area contributed by atoms with E-state index in [1.807, 2.05) is 32.9 Å². The second kappa shape index (κ2) is 4.68. The number of anilines is 1. The molecule has 98 valence electrons. The van der Waals surface area contributed by atoms with E-state index in [0.717, 1.165) is 16.7 Å². The fourth-order valence-corrected chi connectivity index (χ4v) is 2.26. The summed E-state index contributed by atoms with van der Waals surface area (Å²) in [4.78, 5) is 29.4. The minimum absolute atomic E-state index is 0.0457. The first kappa shape index (κ1) is 13.0. The number of hydrogen-bond acceptors (Lipinski definition) is 4. The van der Waals surface area contributed by atoms with Crippen molar-refractivity contribution in [2.24, 2.45) is 0 Å². The average molecular weight is 257 g/mol. The molecule has 0 radical (unpaired) electrons. The summed E-state index contributed by atoms with van der Waals surface area (Å²) in [6.07, 6.45) is 1.22. The van der Waals surface area contributed by atoms with Crippen molar-refractivity contribution < 1.29 is 4.79 Å². The summed E-state index contributed by atoms with van der Waals surface area (Å²) >= 11 is 0. The van der Waals surface area contributed by atoms with Crippen LogP contribution in [0.5, 0.6) is 0 Å². The molecule has 1 aromatic carbocycles. The zero-order valence-electron chi connectivity index (χ0n) is 11.1. The Balaban J connectivity index is 2.59. The van der Waals surface area contributed by atoms with E-state index >= 15 is 0 Å². The number of nitrogens with zero attached hydrogens (tertiary/aromatic N) is 1. The van der Waals surface area contributed by atoms with Gasteiger partial charge in [0.1, 0.15) is 5.82 Å². The lowest BCUT2D eigenvalue weighted by Crippen LogP contribution is -2.18. The summed E-state index contributed by atoms with van der Waals surface area (Å²) in [7, 11) is 0. The van der Waals surface area contributed by atoms with Crippen LogP contribution >= 0.6 is 0 Å². The highest BCUT2D eigenvalue weighted by molar-refractivity contribution is 6.13. The maximum atomic E-state index is 12.5. The van der Waals surface area contributed by atoms with Gasteiger partial charge in [0.2, 0.25) is 0 Å². The summed E-state index contributed by atoms with van der Waals surface area (Å²) in [6, 6.07) is 3.88. The second-order valence-electron chi connectivity index (χ2n) is 4.62. The molecule has 5 heteroatoms. The number of rotatable bonds is 2. The Hall–Kier alpha value is -2.43. The van der Waals surface area contributed by atoms with Crippen LogP contribution in [0.3, 0.4) is 0 Å². The van der Waals surface area contributed by atoms with Gasteiger partial charge in [-0.15, -0.1) is 0 Å². The predicted octanol–water partition coefficient (Wildman–Crippen LogP) is 1.51. The summed E-state index contributed by atoms with van der Waals surface area (Å²) in [5.41, 5.74) is 8.79. The molecule has 0 fully saturated rings. The molecule has 1 aromatic heterocycles. The smallest absolute Gasteiger partial charge is 0.346 e. The van der Waals surface area contributed by atoms with Gasteiger partial charge in [-0.3, -0.25) is 9.78 Å². The topological polar surface area (TPSA) is 88.8 Å². The van der Waals surface area contributed by atoms with Crippen molar-refractivity contribution in [1.29, 1.82) is 0 Å². The number of carbonyl (C=O) groups excluding carboxylic acids is 1. The molecule has 1 heterocycles. The van der Waals surface area contributed by atoms with Gasteiger partial charge in [-0.2, -0.15) is 0 Å². The van der Waals surface area contributed by atoms with Crippen LogP contribution in [0.4, 0.5) is 5.82 Å². The van der Waals surface area contributed by atoms with Crippen molar-refractivity contribution in [2.45, 2.75) is 20.8 Å². The number of ketones is 1. The lowest BCUT2D eigenvalue weighted by molar-refractivity contribution is 0.103. The second-order valence-corrected chi connectivity index (χ2v) is 4.62. The molecule has 0 saturated heterocycles. The molecule has 0 amide bonds. The summed E-state index contributed by atoms with van der Waals surface area (Å²) in [5.74, 6) is -0.180. The molecule has 0 aliphatic heterocycles. The molecule has 19 heavy (non-hydrogen) atoms. The van der Waals surface area contributed by atoms with Crippen LogP contribution in [0, 0.1) is 20.8 Å². The SMILES string of the molecule is Cc1cc(C)c(C(=O)c2cnc(=O)[nH]c2N)c(C)c1. The van der Waals surface area contributed by atoms with E-state index in [1.165, 1.54) is 6.20 Å². The average Bonchev–Trinajstić information content (AvgIpc) is 2.26. The maximum absolute atomic E-state index is 12.5. The minimum Gasteiger partial charge on any atom is -0.384 e. The van der Waals surface area contributed by atoms with Gasteiger partial charge in [0.15, 0.2) is 5.78 Å². The Kier molecular flexibility index (Phi) is 3.21. The lowest BCUT2D eigenvalue weighted by atomic mass is 9.94. The first-order chi connectivity index (χ1) is 8.90. The molecule has 0 atom stereocenters. The Morgan fingerprint density at radius 2 is 1.79 bits per heavy atom. The van der Waals surface area contributed by atoms with Gasteiger partial charge in [-0.25, -0.2) is 9.78 Å². The summed E-state index contributed by atoms with van der Waals surface area (Å²) in [5, 5.41) is 0. The van der Waals surface area contributed by atoms with E-state index in [4.69, 9.17) is 5.73 Å². The molecule has 0 unspecified atom stereocenters. The van der Waals surface area contributed by atoms with Crippen LogP contribution in [-0.4, -0.2) is 15.8 Å². The fourth-order valence-electron chi connectivity index (χ4n) is 2.26. The fraction of sp³-hybridized carbons (Fsp3) is 0.214. The molecular formula is C14H15N3O2. The standard InChI is InChI=1S/C14H15N3O2/c1-7-4-8(2)11(9(3)5-7)12(18)10-6-16-14(19)17-13(10)15/h4-6H,1-3H3,(H3,15,16,17,19). The quantitative estimate of drug-likeness (QED) is 0.798. The van der Waals surface area contributed by atoms with Crippen molar-refractivity contribution in [3.05, 3.63) is 56.6 Å². The zero-order chi connectivity index (χ0) is 14.2. The number of nitrogens with two attached hydrogens (primary N) is 1. The normalized spacial score (nSPS) is 10.5. The molecule has 0 spiro atoms. The van der Waals surface area contributed by atoms with Crippen molar-refractivity contribution in [1.82, 2.24) is 9.97 Å². The van der Waals surface area contributed by atoms with Gasteiger partial charge >= 0.3 is 5.69 Å². The number of H-pyrrole nitrogens is 1. The molecule has 0 aliphatic carbocycles. The van der Waals surface area contributed by atoms with Crippen LogP contribution in [0.1, 0.15) is 32.6 Å². The molecular weight excluding hydrogens is 242 g/mol. The molecule has 0 aliphatic rings. The number of benzene rings is 1. The van der Waals surface area contributed by atoms with E-state index in [0.29, 0.717) is 5.56 Å². The number of aromatic amines is 1. The van der Waals surface area contributed by atoms with Crippen LogP contribution in [0.25, 0.3) is 0 Å². The predicted molar refractivity (Wildman–Crippen MR) is 73.4 cm³/mol. The summed E-state index contributed by atoms with van der Waals surface area (Å²) < 4.78 is 0. The Bertz CT molecular complexity index is 694. The zero-order valence-corrected chi connectivity index (χ0v) is 11.1. The number of aryl methyl sites for hydroxylation is 3. The number of nitrogen functional groups attached to an aromatic ring is 1. The van der Waals surface area contributed by atoms with Gasteiger partial charge in [-0.1, -0.05) is 17.7 Å². The van der Waals surface area contributed by atoms with Gasteiger partial charge in [0.05, 0.1) is 5.56 Å². The van der Waals surface area contributed by atoms with Gasteiger partial charge in [0, 0.05) is 11.8 Å². The number of hydrogen-bond donors (Lipinski definition) is 2. The number of carbonyl (C=O) groups is 1. The van der Waals surface area contributed by atoms with Crippen LogP contribution in [-0.2, 0) is 0 Å². The number of nitrogens with one attached hydrogen (secondary N) is 1. The monoisotopic (exact) mass is 257 g/mol.